The van der Waals surface area contributed by atoms with Crippen LogP contribution in [0.2, 0.25) is 18.1 Å². The Morgan fingerprint density at radius 3 is 1.96 bits per heavy atom. The fourth-order valence-corrected chi connectivity index (χ4v) is 5.45. The summed E-state index contributed by atoms with van der Waals surface area (Å²) < 4.78 is 7.12. The summed E-state index contributed by atoms with van der Waals surface area (Å²) in [7, 11) is -1.84. The Hall–Kier alpha value is -0.933. The Morgan fingerprint density at radius 2 is 1.50 bits per heavy atom. The number of carbonyl (C=O) groups excluding carboxylic acids is 1. The van der Waals surface area contributed by atoms with Crippen molar-refractivity contribution in [2.24, 2.45) is 0 Å². The number of hydrogen-bond acceptors (Lipinski definition) is 2. The highest BCUT2D eigenvalue weighted by atomic mass is 28.4. The average molecular weight is 375 g/mol. The van der Waals surface area contributed by atoms with Gasteiger partial charge in [-0.2, -0.15) is 0 Å². The molecule has 0 aliphatic heterocycles. The summed E-state index contributed by atoms with van der Waals surface area (Å²) >= 11 is 0. The second-order valence-electron chi connectivity index (χ2n) is 9.74. The van der Waals surface area contributed by atoms with E-state index in [4.69, 9.17) is 4.43 Å². The van der Waals surface area contributed by atoms with E-state index in [1.54, 1.807) is 6.92 Å². The molecule has 1 fully saturated rings. The Morgan fingerprint density at radius 1 is 1.00 bits per heavy atom. The SMILES string of the molecule is CC(=O)c1ccc(CC2(O[Si](C)(C)C(C)(C)C)CCCCCCC2)cc1. The van der Waals surface area contributed by atoms with Crippen molar-refractivity contribution in [2.75, 3.05) is 0 Å². The Labute approximate surface area is 161 Å². The van der Waals surface area contributed by atoms with Crippen LogP contribution in [0.1, 0.15) is 88.6 Å². The van der Waals surface area contributed by atoms with Crippen LogP contribution in [-0.4, -0.2) is 19.7 Å². The Bertz CT molecular complexity index is 588. The van der Waals surface area contributed by atoms with Crippen molar-refractivity contribution < 1.29 is 9.22 Å². The zero-order valence-electron chi connectivity index (χ0n) is 17.8. The van der Waals surface area contributed by atoms with E-state index in [0.29, 0.717) is 0 Å². The van der Waals surface area contributed by atoms with Gasteiger partial charge in [0.25, 0.3) is 0 Å². The number of Topliss-reactive ketones (excluding diaryl/α,β-unsaturated/α-hetero) is 1. The lowest BCUT2D eigenvalue weighted by molar-refractivity contribution is 0.0267. The number of hydrogen-bond donors (Lipinski definition) is 0. The van der Waals surface area contributed by atoms with E-state index in [1.807, 2.05) is 12.1 Å². The molecule has 0 amide bonds. The first-order chi connectivity index (χ1) is 12.0. The van der Waals surface area contributed by atoms with Crippen LogP contribution in [0.25, 0.3) is 0 Å². The molecule has 2 nitrogen and oxygen atoms in total. The second-order valence-corrected chi connectivity index (χ2v) is 14.5. The van der Waals surface area contributed by atoms with Gasteiger partial charge in [0.2, 0.25) is 0 Å². The fourth-order valence-electron chi connectivity index (χ4n) is 3.79. The highest BCUT2D eigenvalue weighted by molar-refractivity contribution is 6.74. The highest BCUT2D eigenvalue weighted by Gasteiger charge is 2.44. The molecule has 0 bridgehead atoms. The first kappa shape index (κ1) is 21.4. The van der Waals surface area contributed by atoms with E-state index in [0.717, 1.165) is 24.8 Å². The van der Waals surface area contributed by atoms with Gasteiger partial charge < -0.3 is 4.43 Å². The second kappa shape index (κ2) is 8.39. The third-order valence-corrected chi connectivity index (χ3v) is 11.0. The molecule has 26 heavy (non-hydrogen) atoms. The molecule has 0 heterocycles. The van der Waals surface area contributed by atoms with Crippen LogP contribution in [0, 0.1) is 0 Å². The van der Waals surface area contributed by atoms with Crippen molar-refractivity contribution in [3.05, 3.63) is 35.4 Å². The average Bonchev–Trinajstić information content (AvgIpc) is 2.50. The Kier molecular flexibility index (Phi) is 6.90. The molecule has 0 N–H and O–H groups in total. The molecule has 0 radical (unpaired) electrons. The summed E-state index contributed by atoms with van der Waals surface area (Å²) in [4.78, 5) is 11.6. The van der Waals surface area contributed by atoms with Crippen molar-refractivity contribution in [3.63, 3.8) is 0 Å². The quantitative estimate of drug-likeness (QED) is 0.412. The van der Waals surface area contributed by atoms with Gasteiger partial charge in [-0.1, -0.05) is 77.1 Å². The van der Waals surface area contributed by atoms with Gasteiger partial charge in [-0.3, -0.25) is 4.79 Å². The van der Waals surface area contributed by atoms with Crippen molar-refractivity contribution in [2.45, 2.75) is 103 Å². The van der Waals surface area contributed by atoms with E-state index in [-0.39, 0.29) is 16.4 Å². The highest BCUT2D eigenvalue weighted by Crippen LogP contribution is 2.43. The van der Waals surface area contributed by atoms with E-state index in [1.165, 1.54) is 37.7 Å². The zero-order valence-corrected chi connectivity index (χ0v) is 18.8. The summed E-state index contributed by atoms with van der Waals surface area (Å²) in [6, 6.07) is 8.21. The van der Waals surface area contributed by atoms with Crippen LogP contribution in [0.15, 0.2) is 24.3 Å². The molecule has 0 atom stereocenters. The largest absolute Gasteiger partial charge is 0.411 e. The number of benzene rings is 1. The maximum atomic E-state index is 11.6. The Balaban J connectivity index is 2.28. The van der Waals surface area contributed by atoms with Gasteiger partial charge in [0.05, 0.1) is 5.60 Å². The van der Waals surface area contributed by atoms with Gasteiger partial charge in [0, 0.05) is 12.0 Å². The molecule has 0 saturated heterocycles. The number of ketones is 1. The summed E-state index contributed by atoms with van der Waals surface area (Å²) in [6.07, 6.45) is 9.83. The first-order valence-corrected chi connectivity index (χ1v) is 13.3. The summed E-state index contributed by atoms with van der Waals surface area (Å²) in [5.41, 5.74) is 2.06. The monoisotopic (exact) mass is 374 g/mol. The molecule has 0 spiro atoms. The number of rotatable bonds is 5. The predicted octanol–water partition coefficient (Wildman–Crippen LogP) is 6.94. The molecule has 146 valence electrons. The van der Waals surface area contributed by atoms with Crippen molar-refractivity contribution in [3.8, 4) is 0 Å². The zero-order chi connectivity index (χ0) is 19.4. The smallest absolute Gasteiger partial charge is 0.192 e. The van der Waals surface area contributed by atoms with E-state index >= 15 is 0 Å². The maximum Gasteiger partial charge on any atom is 0.192 e. The van der Waals surface area contributed by atoms with Crippen molar-refractivity contribution in [1.82, 2.24) is 0 Å². The minimum Gasteiger partial charge on any atom is -0.411 e. The van der Waals surface area contributed by atoms with Crippen LogP contribution in [0.5, 0.6) is 0 Å². The molecule has 3 heteroatoms. The minimum atomic E-state index is -1.84. The summed E-state index contributed by atoms with van der Waals surface area (Å²) in [6.45, 7) is 13.4. The topological polar surface area (TPSA) is 26.3 Å². The van der Waals surface area contributed by atoms with Gasteiger partial charge in [0.1, 0.15) is 0 Å². The lowest BCUT2D eigenvalue weighted by Crippen LogP contribution is -2.51. The minimum absolute atomic E-state index is 0.0405. The molecule has 1 aromatic carbocycles. The lowest BCUT2D eigenvalue weighted by atomic mass is 9.82. The standard InChI is InChI=1S/C23H38O2Si/c1-19(24)21-14-12-20(13-15-21)18-23(16-10-8-7-9-11-17-23)25-26(5,6)22(2,3)4/h12-15H,7-11,16-18H2,1-6H3. The predicted molar refractivity (Wildman–Crippen MR) is 113 cm³/mol. The molecule has 0 aromatic heterocycles. The lowest BCUT2D eigenvalue weighted by Gasteiger charge is -2.47. The van der Waals surface area contributed by atoms with Crippen molar-refractivity contribution in [1.29, 1.82) is 0 Å². The molecule has 1 aliphatic rings. The summed E-state index contributed by atoms with van der Waals surface area (Å²) in [5, 5.41) is 0.223. The van der Waals surface area contributed by atoms with Gasteiger partial charge in [0.15, 0.2) is 14.1 Å². The van der Waals surface area contributed by atoms with Crippen LogP contribution >= 0.6 is 0 Å². The number of carbonyl (C=O) groups is 1. The van der Waals surface area contributed by atoms with E-state index < -0.39 is 8.32 Å². The van der Waals surface area contributed by atoms with Gasteiger partial charge in [-0.05, 0) is 43.5 Å². The van der Waals surface area contributed by atoms with Gasteiger partial charge >= 0.3 is 0 Å². The third-order valence-electron chi connectivity index (χ3n) is 6.43. The van der Waals surface area contributed by atoms with Crippen molar-refractivity contribution >= 4 is 14.1 Å². The van der Waals surface area contributed by atoms with E-state index in [9.17, 15) is 4.79 Å². The summed E-state index contributed by atoms with van der Waals surface area (Å²) in [5.74, 6) is 0.134. The van der Waals surface area contributed by atoms with Crippen LogP contribution < -0.4 is 0 Å². The van der Waals surface area contributed by atoms with Crippen LogP contribution in [0.3, 0.4) is 0 Å². The molecule has 1 saturated carbocycles. The van der Waals surface area contributed by atoms with Crippen LogP contribution in [-0.2, 0) is 10.8 Å². The fraction of sp³-hybridized carbons (Fsp3) is 0.696. The normalized spacial score (nSPS) is 18.8. The molecule has 1 aliphatic carbocycles. The van der Waals surface area contributed by atoms with Gasteiger partial charge in [-0.25, -0.2) is 0 Å². The molecule has 0 unspecified atom stereocenters. The molecule has 1 aromatic rings. The molecule has 2 rings (SSSR count). The third kappa shape index (κ3) is 5.53. The molecular formula is C23H38O2Si. The maximum absolute atomic E-state index is 11.6. The van der Waals surface area contributed by atoms with Crippen LogP contribution in [0.4, 0.5) is 0 Å². The first-order valence-electron chi connectivity index (χ1n) is 10.3. The van der Waals surface area contributed by atoms with Gasteiger partial charge in [-0.15, -0.1) is 0 Å². The van der Waals surface area contributed by atoms with E-state index in [2.05, 4.69) is 46.0 Å². The molecular weight excluding hydrogens is 336 g/mol.